The number of carbonyl (C=O) groups is 3. The summed E-state index contributed by atoms with van der Waals surface area (Å²) in [6, 6.07) is 3.31. The second-order valence-electron chi connectivity index (χ2n) is 8.68. The van der Waals surface area contributed by atoms with Crippen LogP contribution in [0.25, 0.3) is 0 Å². The van der Waals surface area contributed by atoms with E-state index in [9.17, 15) is 23.2 Å². The van der Waals surface area contributed by atoms with Crippen LogP contribution in [0.1, 0.15) is 60.8 Å². The molecule has 1 aromatic carbocycles. The predicted molar refractivity (Wildman–Crippen MR) is 113 cm³/mol. The molecule has 7 heteroatoms. The van der Waals surface area contributed by atoms with Crippen LogP contribution in [-0.2, 0) is 9.59 Å². The van der Waals surface area contributed by atoms with Crippen LogP contribution in [0.2, 0.25) is 0 Å². The van der Waals surface area contributed by atoms with E-state index in [0.717, 1.165) is 22.3 Å². The standard InChI is InChI=1S/C24H28F2N2O3/c1-4-5-17-10-15(2)21(16(3)11-17)22-18(29)12-24(13-19(22)30)6-8-28(9-7-24)23(31)27-14-20(25)26/h10-11,20,22H,6-9,12-14H2,1-3H3,(H,27,31). The van der Waals surface area contributed by atoms with Crippen molar-refractivity contribution in [3.8, 4) is 11.8 Å². The topological polar surface area (TPSA) is 66.5 Å². The maximum atomic E-state index is 13.2. The number of amides is 2. The first kappa shape index (κ1) is 22.9. The number of benzene rings is 1. The molecule has 3 rings (SSSR count). The van der Waals surface area contributed by atoms with Gasteiger partial charge in [0.15, 0.2) is 0 Å². The Morgan fingerprint density at radius 2 is 1.71 bits per heavy atom. The van der Waals surface area contributed by atoms with Gasteiger partial charge in [-0.1, -0.05) is 5.92 Å². The van der Waals surface area contributed by atoms with Gasteiger partial charge in [0.05, 0.1) is 6.54 Å². The fraction of sp³-hybridized carbons (Fsp3) is 0.542. The van der Waals surface area contributed by atoms with E-state index >= 15 is 0 Å². The number of aryl methyl sites for hydroxylation is 2. The summed E-state index contributed by atoms with van der Waals surface area (Å²) in [5.41, 5.74) is 3.00. The minimum atomic E-state index is -2.60. The number of ketones is 2. The molecule has 1 aliphatic heterocycles. The molecule has 1 heterocycles. The third-order valence-electron chi connectivity index (χ3n) is 6.41. The van der Waals surface area contributed by atoms with Crippen molar-refractivity contribution in [3.63, 3.8) is 0 Å². The van der Waals surface area contributed by atoms with Gasteiger partial charge in [0.2, 0.25) is 0 Å². The Kier molecular flexibility index (Phi) is 6.78. The normalized spacial score (nSPS) is 18.8. The molecule has 2 amide bonds. The zero-order valence-corrected chi connectivity index (χ0v) is 18.2. The van der Waals surface area contributed by atoms with Gasteiger partial charge < -0.3 is 10.2 Å². The lowest BCUT2D eigenvalue weighted by molar-refractivity contribution is -0.138. The average Bonchev–Trinajstić information content (AvgIpc) is 2.68. The number of carbonyl (C=O) groups excluding carboxylic acids is 3. The number of hydrogen-bond donors (Lipinski definition) is 1. The predicted octanol–water partition coefficient (Wildman–Crippen LogP) is 3.75. The molecule has 0 atom stereocenters. The summed E-state index contributed by atoms with van der Waals surface area (Å²) in [4.78, 5) is 39.8. The smallest absolute Gasteiger partial charge is 0.317 e. The minimum Gasteiger partial charge on any atom is -0.332 e. The Morgan fingerprint density at radius 1 is 1.16 bits per heavy atom. The Labute approximate surface area is 181 Å². The van der Waals surface area contributed by atoms with Crippen molar-refractivity contribution in [3.05, 3.63) is 34.4 Å². The fourth-order valence-electron chi connectivity index (χ4n) is 4.97. The van der Waals surface area contributed by atoms with E-state index in [0.29, 0.717) is 38.8 Å². The van der Waals surface area contributed by atoms with Crippen LogP contribution in [0, 0.1) is 31.1 Å². The number of alkyl halides is 2. The molecule has 0 aromatic heterocycles. The number of nitrogens with zero attached hydrogens (tertiary/aromatic N) is 1. The third kappa shape index (κ3) is 4.95. The lowest BCUT2D eigenvalue weighted by Crippen LogP contribution is -2.51. The summed E-state index contributed by atoms with van der Waals surface area (Å²) in [7, 11) is 0. The van der Waals surface area contributed by atoms with E-state index in [4.69, 9.17) is 0 Å². The van der Waals surface area contributed by atoms with Crippen molar-refractivity contribution in [1.29, 1.82) is 0 Å². The first-order valence-electron chi connectivity index (χ1n) is 10.6. The number of Topliss-reactive ketones (excluding diaryl/α,β-unsaturated/α-hetero) is 2. The molecule has 1 spiro atoms. The molecular weight excluding hydrogens is 402 g/mol. The SMILES string of the molecule is CC#Cc1cc(C)c(C2C(=O)CC3(CCN(C(=O)NCC(F)F)CC3)CC2=O)c(C)c1. The van der Waals surface area contributed by atoms with E-state index in [2.05, 4.69) is 17.2 Å². The molecule has 31 heavy (non-hydrogen) atoms. The van der Waals surface area contributed by atoms with E-state index in [1.807, 2.05) is 26.0 Å². The molecule has 1 N–H and O–H groups in total. The van der Waals surface area contributed by atoms with Crippen LogP contribution in [0.5, 0.6) is 0 Å². The lowest BCUT2D eigenvalue weighted by atomic mass is 9.62. The van der Waals surface area contributed by atoms with Gasteiger partial charge in [-0.25, -0.2) is 13.6 Å². The molecule has 1 saturated carbocycles. The summed E-state index contributed by atoms with van der Waals surface area (Å²) >= 11 is 0. The van der Waals surface area contributed by atoms with E-state index in [1.165, 1.54) is 4.90 Å². The summed E-state index contributed by atoms with van der Waals surface area (Å²) in [6.07, 6.45) is -0.971. The number of rotatable bonds is 3. The van der Waals surface area contributed by atoms with Crippen LogP contribution in [-0.4, -0.2) is 48.6 Å². The summed E-state index contributed by atoms with van der Waals surface area (Å²) in [5.74, 6) is 4.98. The van der Waals surface area contributed by atoms with Crippen molar-refractivity contribution in [1.82, 2.24) is 10.2 Å². The number of piperidine rings is 1. The van der Waals surface area contributed by atoms with Gasteiger partial charge in [0.1, 0.15) is 17.5 Å². The monoisotopic (exact) mass is 430 g/mol. The molecule has 1 saturated heterocycles. The average molecular weight is 430 g/mol. The molecule has 2 fully saturated rings. The van der Waals surface area contributed by atoms with E-state index in [1.54, 1.807) is 6.92 Å². The maximum absolute atomic E-state index is 13.2. The largest absolute Gasteiger partial charge is 0.332 e. The minimum absolute atomic E-state index is 0.0765. The molecule has 2 aliphatic rings. The second-order valence-corrected chi connectivity index (χ2v) is 8.68. The van der Waals surface area contributed by atoms with Crippen LogP contribution in [0.4, 0.5) is 13.6 Å². The Bertz CT molecular complexity index is 910. The molecule has 0 bridgehead atoms. The zero-order valence-electron chi connectivity index (χ0n) is 18.2. The number of hydrogen-bond acceptors (Lipinski definition) is 3. The van der Waals surface area contributed by atoms with Gasteiger partial charge in [-0.2, -0.15) is 0 Å². The number of urea groups is 1. The first-order valence-corrected chi connectivity index (χ1v) is 10.6. The molecule has 0 unspecified atom stereocenters. The summed E-state index contributed by atoms with van der Waals surface area (Å²) in [6.45, 7) is 5.60. The van der Waals surface area contributed by atoms with Crippen molar-refractivity contribution >= 4 is 17.6 Å². The lowest BCUT2D eigenvalue weighted by Gasteiger charge is -2.44. The molecule has 1 aliphatic carbocycles. The van der Waals surface area contributed by atoms with Gasteiger partial charge in [-0.15, -0.1) is 5.92 Å². The van der Waals surface area contributed by atoms with Gasteiger partial charge in [0, 0.05) is 31.5 Å². The van der Waals surface area contributed by atoms with Crippen LogP contribution in [0.3, 0.4) is 0 Å². The first-order chi connectivity index (χ1) is 14.7. The van der Waals surface area contributed by atoms with Gasteiger partial charge >= 0.3 is 6.03 Å². The fourth-order valence-corrected chi connectivity index (χ4v) is 4.97. The third-order valence-corrected chi connectivity index (χ3v) is 6.41. The highest BCUT2D eigenvalue weighted by Gasteiger charge is 2.47. The highest BCUT2D eigenvalue weighted by atomic mass is 19.3. The molecular formula is C24H28F2N2O3. The van der Waals surface area contributed by atoms with Crippen molar-refractivity contribution in [2.45, 2.75) is 58.8 Å². The molecule has 5 nitrogen and oxygen atoms in total. The van der Waals surface area contributed by atoms with Crippen LogP contribution >= 0.6 is 0 Å². The Balaban J connectivity index is 1.71. The van der Waals surface area contributed by atoms with Crippen LogP contribution in [0.15, 0.2) is 12.1 Å². The summed E-state index contributed by atoms with van der Waals surface area (Å²) in [5, 5.41) is 2.21. The second kappa shape index (κ2) is 9.17. The Hall–Kier alpha value is -2.75. The number of likely N-dealkylation sites (tertiary alicyclic amines) is 1. The molecule has 166 valence electrons. The van der Waals surface area contributed by atoms with E-state index < -0.39 is 30.3 Å². The quantitative estimate of drug-likeness (QED) is 0.587. The molecule has 0 radical (unpaired) electrons. The summed E-state index contributed by atoms with van der Waals surface area (Å²) < 4.78 is 24.6. The highest BCUT2D eigenvalue weighted by Crippen LogP contribution is 2.46. The zero-order chi connectivity index (χ0) is 22.8. The van der Waals surface area contributed by atoms with Crippen molar-refractivity contribution in [2.24, 2.45) is 5.41 Å². The van der Waals surface area contributed by atoms with Crippen molar-refractivity contribution in [2.75, 3.05) is 19.6 Å². The number of halogens is 2. The van der Waals surface area contributed by atoms with Gasteiger partial charge in [0.25, 0.3) is 6.43 Å². The Morgan fingerprint density at radius 3 is 2.19 bits per heavy atom. The van der Waals surface area contributed by atoms with Gasteiger partial charge in [-0.3, -0.25) is 9.59 Å². The molecule has 1 aromatic rings. The highest BCUT2D eigenvalue weighted by molar-refractivity contribution is 6.10. The van der Waals surface area contributed by atoms with Gasteiger partial charge in [-0.05, 0) is 67.9 Å². The number of nitrogens with one attached hydrogen (secondary N) is 1. The van der Waals surface area contributed by atoms with Crippen molar-refractivity contribution < 1.29 is 23.2 Å². The van der Waals surface area contributed by atoms with E-state index in [-0.39, 0.29) is 11.6 Å². The maximum Gasteiger partial charge on any atom is 0.317 e. The van der Waals surface area contributed by atoms with Crippen LogP contribution < -0.4 is 5.32 Å².